The minimum absolute atomic E-state index is 0.224. The fourth-order valence-corrected chi connectivity index (χ4v) is 3.77. The lowest BCUT2D eigenvalue weighted by atomic mass is 10.4. The molecule has 0 radical (unpaired) electrons. The first-order valence-electron chi connectivity index (χ1n) is 4.42. The molecule has 1 saturated carbocycles. The van der Waals surface area contributed by atoms with Gasteiger partial charge in [-0.25, -0.2) is 4.21 Å². The van der Waals surface area contributed by atoms with Crippen LogP contribution in [0, 0.1) is 4.78 Å². The molecule has 3 heteroatoms. The Labute approximate surface area is 69.4 Å². The molecule has 11 heavy (non-hydrogen) atoms. The molecule has 0 saturated heterocycles. The fraction of sp³-hybridized carbons (Fsp3) is 1.00. The first-order valence-corrected chi connectivity index (χ1v) is 6.21. The van der Waals surface area contributed by atoms with E-state index in [4.69, 9.17) is 4.78 Å². The zero-order valence-corrected chi connectivity index (χ0v) is 7.95. The highest BCUT2D eigenvalue weighted by molar-refractivity contribution is 7.93. The molecule has 0 aromatic carbocycles. The Kier molecular flexibility index (Phi) is 2.93. The van der Waals surface area contributed by atoms with Gasteiger partial charge in [0.1, 0.15) is 0 Å². The average Bonchev–Trinajstić information content (AvgIpc) is 2.37. The standard InChI is InChI=1S/C8H17NOS/c1-2-7-11(9,10)8-5-3-4-6-8/h8-9H,2-7H2,1H3/t11-/m1/s1. The molecule has 0 spiro atoms. The Bertz CT molecular complexity index is 202. The first kappa shape index (κ1) is 9.04. The molecule has 0 aliphatic heterocycles. The van der Waals surface area contributed by atoms with Crippen LogP contribution in [-0.4, -0.2) is 15.2 Å². The molecule has 0 amide bonds. The van der Waals surface area contributed by atoms with Crippen LogP contribution in [0.4, 0.5) is 0 Å². The maximum absolute atomic E-state index is 11.7. The molecule has 1 aliphatic rings. The average molecular weight is 175 g/mol. The summed E-state index contributed by atoms with van der Waals surface area (Å²) >= 11 is 0. The molecule has 1 aliphatic carbocycles. The van der Waals surface area contributed by atoms with Crippen molar-refractivity contribution in [1.29, 1.82) is 4.78 Å². The van der Waals surface area contributed by atoms with E-state index in [1.807, 2.05) is 6.92 Å². The summed E-state index contributed by atoms with van der Waals surface area (Å²) in [6.07, 6.45) is 5.32. The topological polar surface area (TPSA) is 40.9 Å². The van der Waals surface area contributed by atoms with E-state index in [0.717, 1.165) is 19.3 Å². The Hall–Kier alpha value is -0.0500. The molecule has 66 valence electrons. The third kappa shape index (κ3) is 2.19. The van der Waals surface area contributed by atoms with Crippen LogP contribution in [0.15, 0.2) is 0 Å². The predicted molar refractivity (Wildman–Crippen MR) is 48.3 cm³/mol. The molecular weight excluding hydrogens is 158 g/mol. The van der Waals surface area contributed by atoms with Crippen molar-refractivity contribution < 1.29 is 4.21 Å². The second-order valence-electron chi connectivity index (χ2n) is 3.34. The van der Waals surface area contributed by atoms with Gasteiger partial charge in [0.25, 0.3) is 0 Å². The van der Waals surface area contributed by atoms with Gasteiger partial charge in [-0.3, -0.25) is 4.78 Å². The summed E-state index contributed by atoms with van der Waals surface area (Å²) in [6, 6.07) is 0. The highest BCUT2D eigenvalue weighted by atomic mass is 32.2. The summed E-state index contributed by atoms with van der Waals surface area (Å²) in [5.74, 6) is 0.609. The molecule has 0 heterocycles. The van der Waals surface area contributed by atoms with Gasteiger partial charge in [-0.1, -0.05) is 19.8 Å². The molecule has 1 N–H and O–H groups in total. The van der Waals surface area contributed by atoms with E-state index in [1.165, 1.54) is 12.8 Å². The second-order valence-corrected chi connectivity index (χ2v) is 5.86. The van der Waals surface area contributed by atoms with Crippen molar-refractivity contribution >= 4 is 9.73 Å². The van der Waals surface area contributed by atoms with Crippen LogP contribution >= 0.6 is 0 Å². The Morgan fingerprint density at radius 2 is 2.00 bits per heavy atom. The van der Waals surface area contributed by atoms with Gasteiger partial charge in [0.2, 0.25) is 0 Å². The monoisotopic (exact) mass is 175 g/mol. The van der Waals surface area contributed by atoms with Crippen molar-refractivity contribution in [2.75, 3.05) is 5.75 Å². The lowest BCUT2D eigenvalue weighted by Gasteiger charge is -2.12. The Morgan fingerprint density at radius 1 is 1.45 bits per heavy atom. The van der Waals surface area contributed by atoms with Gasteiger partial charge in [0, 0.05) is 20.7 Å². The highest BCUT2D eigenvalue weighted by Crippen LogP contribution is 2.25. The van der Waals surface area contributed by atoms with Crippen LogP contribution in [0.2, 0.25) is 0 Å². The number of hydrogen-bond donors (Lipinski definition) is 1. The normalized spacial score (nSPS) is 25.2. The second kappa shape index (κ2) is 3.57. The number of hydrogen-bond acceptors (Lipinski definition) is 2. The maximum atomic E-state index is 11.7. The summed E-state index contributed by atoms with van der Waals surface area (Å²) in [5.41, 5.74) is 0. The summed E-state index contributed by atoms with van der Waals surface area (Å²) in [7, 11) is -2.21. The lowest BCUT2D eigenvalue weighted by molar-refractivity contribution is 0.657. The predicted octanol–water partition coefficient (Wildman–Crippen LogP) is 2.39. The summed E-state index contributed by atoms with van der Waals surface area (Å²) in [6.45, 7) is 2.00. The van der Waals surface area contributed by atoms with Gasteiger partial charge in [0.05, 0.1) is 0 Å². The van der Waals surface area contributed by atoms with Crippen LogP contribution in [0.1, 0.15) is 39.0 Å². The SMILES string of the molecule is CCC[S@@](=N)(=O)C1CCCC1. The van der Waals surface area contributed by atoms with Gasteiger partial charge < -0.3 is 0 Å². The summed E-state index contributed by atoms with van der Waals surface area (Å²) in [5, 5.41) is 0.224. The zero-order chi connectivity index (χ0) is 8.32. The first-order chi connectivity index (χ1) is 5.17. The van der Waals surface area contributed by atoms with E-state index in [9.17, 15) is 4.21 Å². The third-order valence-corrected chi connectivity index (χ3v) is 4.91. The van der Waals surface area contributed by atoms with Gasteiger partial charge in [0.15, 0.2) is 0 Å². The van der Waals surface area contributed by atoms with Crippen molar-refractivity contribution in [3.63, 3.8) is 0 Å². The van der Waals surface area contributed by atoms with Gasteiger partial charge >= 0.3 is 0 Å². The van der Waals surface area contributed by atoms with Gasteiger partial charge in [-0.15, -0.1) is 0 Å². The van der Waals surface area contributed by atoms with Crippen molar-refractivity contribution in [2.24, 2.45) is 0 Å². The number of rotatable bonds is 3. The zero-order valence-electron chi connectivity index (χ0n) is 7.14. The van der Waals surface area contributed by atoms with Crippen molar-refractivity contribution in [1.82, 2.24) is 0 Å². The van der Waals surface area contributed by atoms with Crippen LogP contribution in [0.25, 0.3) is 0 Å². The lowest BCUT2D eigenvalue weighted by Crippen LogP contribution is -2.18. The molecule has 0 bridgehead atoms. The molecule has 0 aromatic rings. The van der Waals surface area contributed by atoms with E-state index < -0.39 is 9.73 Å². The van der Waals surface area contributed by atoms with Crippen LogP contribution in [0.5, 0.6) is 0 Å². The molecule has 1 rings (SSSR count). The van der Waals surface area contributed by atoms with Crippen molar-refractivity contribution in [3.8, 4) is 0 Å². The number of nitrogens with one attached hydrogen (secondary N) is 1. The molecule has 1 atom stereocenters. The van der Waals surface area contributed by atoms with E-state index in [0.29, 0.717) is 5.75 Å². The largest absolute Gasteiger partial charge is 0.253 e. The van der Waals surface area contributed by atoms with Gasteiger partial charge in [-0.2, -0.15) is 0 Å². The summed E-state index contributed by atoms with van der Waals surface area (Å²) < 4.78 is 19.3. The van der Waals surface area contributed by atoms with Crippen LogP contribution in [0.3, 0.4) is 0 Å². The molecule has 2 nitrogen and oxygen atoms in total. The van der Waals surface area contributed by atoms with E-state index >= 15 is 0 Å². The van der Waals surface area contributed by atoms with Crippen molar-refractivity contribution in [3.05, 3.63) is 0 Å². The minimum Gasteiger partial charge on any atom is -0.253 e. The smallest absolute Gasteiger partial charge is 0.0470 e. The molecule has 0 unspecified atom stereocenters. The van der Waals surface area contributed by atoms with Crippen LogP contribution < -0.4 is 0 Å². The van der Waals surface area contributed by atoms with E-state index in [-0.39, 0.29) is 5.25 Å². The molecular formula is C8H17NOS. The molecule has 0 aromatic heterocycles. The minimum atomic E-state index is -2.21. The third-order valence-electron chi connectivity index (χ3n) is 2.35. The van der Waals surface area contributed by atoms with Crippen LogP contribution in [-0.2, 0) is 9.73 Å². The Balaban J connectivity index is 2.56. The molecule has 1 fully saturated rings. The Morgan fingerprint density at radius 3 is 2.45 bits per heavy atom. The fourth-order valence-electron chi connectivity index (χ4n) is 1.74. The van der Waals surface area contributed by atoms with E-state index in [1.54, 1.807) is 0 Å². The van der Waals surface area contributed by atoms with Crippen molar-refractivity contribution in [2.45, 2.75) is 44.3 Å². The quantitative estimate of drug-likeness (QED) is 0.703. The van der Waals surface area contributed by atoms with E-state index in [2.05, 4.69) is 0 Å². The highest BCUT2D eigenvalue weighted by Gasteiger charge is 2.24. The maximum Gasteiger partial charge on any atom is 0.0470 e. The summed E-state index contributed by atoms with van der Waals surface area (Å²) in [4.78, 5) is 0. The van der Waals surface area contributed by atoms with Gasteiger partial charge in [-0.05, 0) is 19.3 Å².